The highest BCUT2D eigenvalue weighted by Gasteiger charge is 2.28. The lowest BCUT2D eigenvalue weighted by Crippen LogP contribution is -2.51. The van der Waals surface area contributed by atoms with Gasteiger partial charge in [-0.2, -0.15) is 0 Å². The Labute approximate surface area is 180 Å². The molecule has 0 radical (unpaired) electrons. The summed E-state index contributed by atoms with van der Waals surface area (Å²) in [5.41, 5.74) is 9.13. The molecule has 4 rings (SSSR count). The SMILES string of the molecule is N[C@@H](Cc1ccc(O)cc1)C(=O)N1CCC(NC(=O)c2ccc3c(c2)CC(=O)N3)CC1. The van der Waals surface area contributed by atoms with Crippen LogP contribution in [0.15, 0.2) is 42.5 Å². The summed E-state index contributed by atoms with van der Waals surface area (Å²) < 4.78 is 0. The number of amides is 3. The van der Waals surface area contributed by atoms with E-state index >= 15 is 0 Å². The maximum absolute atomic E-state index is 12.7. The predicted molar refractivity (Wildman–Crippen MR) is 116 cm³/mol. The number of phenolic OH excluding ortho intramolecular Hbond substituents is 1. The summed E-state index contributed by atoms with van der Waals surface area (Å²) in [5, 5.41) is 15.2. The molecule has 2 heterocycles. The number of piperidine rings is 1. The van der Waals surface area contributed by atoms with Crippen LogP contribution in [-0.4, -0.2) is 52.9 Å². The van der Waals surface area contributed by atoms with E-state index in [0.29, 0.717) is 44.3 Å². The quantitative estimate of drug-likeness (QED) is 0.576. The van der Waals surface area contributed by atoms with E-state index in [-0.39, 0.29) is 29.5 Å². The minimum Gasteiger partial charge on any atom is -0.508 e. The Balaban J connectivity index is 1.27. The maximum Gasteiger partial charge on any atom is 0.251 e. The van der Waals surface area contributed by atoms with E-state index in [0.717, 1.165) is 16.8 Å². The number of phenols is 1. The first-order valence-electron chi connectivity index (χ1n) is 10.4. The highest BCUT2D eigenvalue weighted by Crippen LogP contribution is 2.24. The fraction of sp³-hybridized carbons (Fsp3) is 0.348. The molecule has 31 heavy (non-hydrogen) atoms. The summed E-state index contributed by atoms with van der Waals surface area (Å²) in [6.45, 7) is 1.07. The molecule has 1 saturated heterocycles. The lowest BCUT2D eigenvalue weighted by molar-refractivity contribution is -0.133. The lowest BCUT2D eigenvalue weighted by atomic mass is 10.0. The number of carbonyl (C=O) groups excluding carboxylic acids is 3. The standard InChI is InChI=1S/C23H26N4O4/c24-19(11-14-1-4-18(28)5-2-14)23(31)27-9-7-17(8-10-27)25-22(30)15-3-6-20-16(12-15)13-21(29)26-20/h1-6,12,17,19,28H,7-11,13,24H2,(H,25,30)(H,26,29)/t19-/m0/s1. The summed E-state index contributed by atoms with van der Waals surface area (Å²) in [4.78, 5) is 38.5. The van der Waals surface area contributed by atoms with Crippen LogP contribution in [0.2, 0.25) is 0 Å². The highest BCUT2D eigenvalue weighted by atomic mass is 16.3. The topological polar surface area (TPSA) is 125 Å². The molecule has 0 bridgehead atoms. The van der Waals surface area contributed by atoms with Crippen molar-refractivity contribution >= 4 is 23.4 Å². The van der Waals surface area contributed by atoms with Crippen LogP contribution < -0.4 is 16.4 Å². The molecule has 8 heteroatoms. The van der Waals surface area contributed by atoms with E-state index < -0.39 is 6.04 Å². The minimum atomic E-state index is -0.640. The molecule has 2 aromatic rings. The Bertz CT molecular complexity index is 997. The number of aromatic hydroxyl groups is 1. The molecule has 0 aromatic heterocycles. The minimum absolute atomic E-state index is 0.0158. The number of nitrogens with two attached hydrogens (primary N) is 1. The molecule has 162 valence electrons. The van der Waals surface area contributed by atoms with Gasteiger partial charge in [0, 0.05) is 30.4 Å². The van der Waals surface area contributed by atoms with Gasteiger partial charge in [-0.15, -0.1) is 0 Å². The van der Waals surface area contributed by atoms with E-state index in [4.69, 9.17) is 5.73 Å². The fourth-order valence-electron chi connectivity index (χ4n) is 4.09. The fourth-order valence-corrected chi connectivity index (χ4v) is 4.09. The van der Waals surface area contributed by atoms with E-state index in [9.17, 15) is 19.5 Å². The number of likely N-dealkylation sites (tertiary alicyclic amines) is 1. The number of rotatable bonds is 5. The van der Waals surface area contributed by atoms with Crippen LogP contribution >= 0.6 is 0 Å². The van der Waals surface area contributed by atoms with Crippen molar-refractivity contribution < 1.29 is 19.5 Å². The Morgan fingerprint density at radius 2 is 1.87 bits per heavy atom. The van der Waals surface area contributed by atoms with Crippen LogP contribution in [0, 0.1) is 0 Å². The molecule has 0 spiro atoms. The Morgan fingerprint density at radius 1 is 1.16 bits per heavy atom. The molecule has 0 aliphatic carbocycles. The van der Waals surface area contributed by atoms with Gasteiger partial charge in [0.05, 0.1) is 12.5 Å². The van der Waals surface area contributed by atoms with Crippen molar-refractivity contribution in [1.82, 2.24) is 10.2 Å². The number of nitrogens with zero attached hydrogens (tertiary/aromatic N) is 1. The molecular formula is C23H26N4O4. The van der Waals surface area contributed by atoms with Gasteiger partial charge in [0.15, 0.2) is 0 Å². The molecule has 5 N–H and O–H groups in total. The number of carbonyl (C=O) groups is 3. The Hall–Kier alpha value is -3.39. The summed E-state index contributed by atoms with van der Waals surface area (Å²) in [6, 6.07) is 11.2. The van der Waals surface area contributed by atoms with Crippen LogP contribution in [0.4, 0.5) is 5.69 Å². The zero-order valence-corrected chi connectivity index (χ0v) is 17.1. The van der Waals surface area contributed by atoms with Gasteiger partial charge in [-0.3, -0.25) is 14.4 Å². The monoisotopic (exact) mass is 422 g/mol. The molecule has 0 unspecified atom stereocenters. The van der Waals surface area contributed by atoms with Crippen molar-refractivity contribution in [1.29, 1.82) is 0 Å². The number of benzene rings is 2. The highest BCUT2D eigenvalue weighted by molar-refractivity contribution is 6.01. The predicted octanol–water partition coefficient (Wildman–Crippen LogP) is 1.18. The van der Waals surface area contributed by atoms with E-state index in [2.05, 4.69) is 10.6 Å². The summed E-state index contributed by atoms with van der Waals surface area (Å²) >= 11 is 0. The van der Waals surface area contributed by atoms with Gasteiger partial charge in [-0.25, -0.2) is 0 Å². The van der Waals surface area contributed by atoms with Gasteiger partial charge in [0.25, 0.3) is 5.91 Å². The van der Waals surface area contributed by atoms with Crippen molar-refractivity contribution in [2.75, 3.05) is 18.4 Å². The third kappa shape index (κ3) is 4.86. The summed E-state index contributed by atoms with van der Waals surface area (Å²) in [7, 11) is 0. The molecule has 2 aliphatic heterocycles. The largest absolute Gasteiger partial charge is 0.508 e. The summed E-state index contributed by atoms with van der Waals surface area (Å²) in [5.74, 6) is -0.157. The van der Waals surface area contributed by atoms with Gasteiger partial charge in [0.2, 0.25) is 11.8 Å². The number of hydrogen-bond acceptors (Lipinski definition) is 5. The Morgan fingerprint density at radius 3 is 2.58 bits per heavy atom. The number of fused-ring (bicyclic) bond motifs is 1. The third-order valence-electron chi connectivity index (χ3n) is 5.84. The maximum atomic E-state index is 12.7. The smallest absolute Gasteiger partial charge is 0.251 e. The van der Waals surface area contributed by atoms with Crippen molar-refractivity contribution in [3.05, 3.63) is 59.2 Å². The second-order valence-corrected chi connectivity index (χ2v) is 8.15. The molecule has 1 atom stereocenters. The molecule has 2 aromatic carbocycles. The normalized spacial score (nSPS) is 17.1. The first-order valence-corrected chi connectivity index (χ1v) is 10.4. The van der Waals surface area contributed by atoms with Crippen LogP contribution in [-0.2, 0) is 22.4 Å². The Kier molecular flexibility index (Phi) is 5.90. The number of anilines is 1. The van der Waals surface area contributed by atoms with Gasteiger partial charge in [-0.05, 0) is 60.7 Å². The molecule has 0 saturated carbocycles. The van der Waals surface area contributed by atoms with Crippen molar-refractivity contribution in [2.24, 2.45) is 5.73 Å². The number of hydrogen-bond donors (Lipinski definition) is 4. The zero-order valence-electron chi connectivity index (χ0n) is 17.1. The van der Waals surface area contributed by atoms with Crippen molar-refractivity contribution in [2.45, 2.75) is 37.8 Å². The van der Waals surface area contributed by atoms with Gasteiger partial charge in [-0.1, -0.05) is 12.1 Å². The van der Waals surface area contributed by atoms with Crippen molar-refractivity contribution in [3.8, 4) is 5.75 Å². The number of nitrogens with one attached hydrogen (secondary N) is 2. The van der Waals surface area contributed by atoms with E-state index in [1.165, 1.54) is 0 Å². The van der Waals surface area contributed by atoms with E-state index in [1.807, 2.05) is 0 Å². The van der Waals surface area contributed by atoms with Gasteiger partial charge < -0.3 is 26.4 Å². The molecule has 8 nitrogen and oxygen atoms in total. The van der Waals surface area contributed by atoms with Crippen molar-refractivity contribution in [3.63, 3.8) is 0 Å². The van der Waals surface area contributed by atoms with Crippen LogP contribution in [0.25, 0.3) is 0 Å². The second kappa shape index (κ2) is 8.77. The van der Waals surface area contributed by atoms with Crippen LogP contribution in [0.5, 0.6) is 5.75 Å². The van der Waals surface area contributed by atoms with Gasteiger partial charge >= 0.3 is 0 Å². The summed E-state index contributed by atoms with van der Waals surface area (Å²) in [6.07, 6.45) is 2.02. The molecular weight excluding hydrogens is 396 g/mol. The molecule has 1 fully saturated rings. The third-order valence-corrected chi connectivity index (χ3v) is 5.84. The molecule has 2 aliphatic rings. The zero-order chi connectivity index (χ0) is 22.0. The first-order chi connectivity index (χ1) is 14.9. The average Bonchev–Trinajstić information content (AvgIpc) is 3.14. The lowest BCUT2D eigenvalue weighted by Gasteiger charge is -2.34. The average molecular weight is 422 g/mol. The first kappa shape index (κ1) is 20.9. The second-order valence-electron chi connectivity index (χ2n) is 8.15. The van der Waals surface area contributed by atoms with Gasteiger partial charge in [0.1, 0.15) is 5.75 Å². The van der Waals surface area contributed by atoms with E-state index in [1.54, 1.807) is 47.4 Å². The van der Waals surface area contributed by atoms with Crippen LogP contribution in [0.1, 0.15) is 34.3 Å². The van der Waals surface area contributed by atoms with Crippen LogP contribution in [0.3, 0.4) is 0 Å². The molecule has 3 amide bonds.